The van der Waals surface area contributed by atoms with Crippen molar-refractivity contribution in [3.8, 4) is 0 Å². The molecule has 7 heteroatoms. The SMILES string of the molecule is CCN(C)c1nc(S(=O)(=O)c2c(C)cc(C)cc2C)c(C)c(=O)[nH]1. The molecule has 0 saturated heterocycles. The van der Waals surface area contributed by atoms with Crippen LogP contribution in [0.5, 0.6) is 0 Å². The van der Waals surface area contributed by atoms with Crippen molar-refractivity contribution in [1.29, 1.82) is 0 Å². The van der Waals surface area contributed by atoms with Gasteiger partial charge in [0, 0.05) is 13.6 Å². The Hall–Kier alpha value is -2.15. The lowest BCUT2D eigenvalue weighted by molar-refractivity contribution is 0.589. The van der Waals surface area contributed by atoms with Crippen LogP contribution in [0.2, 0.25) is 0 Å². The lowest BCUT2D eigenvalue weighted by atomic mass is 10.1. The van der Waals surface area contributed by atoms with Gasteiger partial charge in [0.05, 0.1) is 10.5 Å². The molecule has 0 aliphatic rings. The first kappa shape index (κ1) is 18.2. The average molecular weight is 349 g/mol. The summed E-state index contributed by atoms with van der Waals surface area (Å²) in [6.45, 7) is 9.40. The molecular weight excluding hydrogens is 326 g/mol. The van der Waals surface area contributed by atoms with Gasteiger partial charge in [-0.15, -0.1) is 0 Å². The fourth-order valence-electron chi connectivity index (χ4n) is 2.78. The number of H-pyrrole nitrogens is 1. The molecule has 0 unspecified atom stereocenters. The summed E-state index contributed by atoms with van der Waals surface area (Å²) >= 11 is 0. The molecule has 1 heterocycles. The van der Waals surface area contributed by atoms with E-state index in [1.807, 2.05) is 26.0 Å². The molecular formula is C17H23N3O3S. The number of aromatic amines is 1. The highest BCUT2D eigenvalue weighted by molar-refractivity contribution is 7.91. The van der Waals surface area contributed by atoms with E-state index in [9.17, 15) is 13.2 Å². The lowest BCUT2D eigenvalue weighted by Crippen LogP contribution is -2.26. The molecule has 0 amide bonds. The van der Waals surface area contributed by atoms with Gasteiger partial charge in [0.15, 0.2) is 5.03 Å². The number of aryl methyl sites for hydroxylation is 3. The van der Waals surface area contributed by atoms with E-state index in [2.05, 4.69) is 9.97 Å². The third-order valence-electron chi connectivity index (χ3n) is 4.06. The molecule has 0 atom stereocenters. The topological polar surface area (TPSA) is 83.1 Å². The van der Waals surface area contributed by atoms with E-state index in [0.717, 1.165) is 5.56 Å². The van der Waals surface area contributed by atoms with Gasteiger partial charge >= 0.3 is 0 Å². The molecule has 1 aromatic carbocycles. The van der Waals surface area contributed by atoms with Crippen LogP contribution < -0.4 is 10.5 Å². The van der Waals surface area contributed by atoms with Crippen LogP contribution >= 0.6 is 0 Å². The maximum atomic E-state index is 13.2. The van der Waals surface area contributed by atoms with Crippen molar-refractivity contribution < 1.29 is 8.42 Å². The lowest BCUT2D eigenvalue weighted by Gasteiger charge is -2.18. The zero-order valence-electron chi connectivity index (χ0n) is 14.9. The Kier molecular flexibility index (Phi) is 4.85. The maximum Gasteiger partial charge on any atom is 0.256 e. The van der Waals surface area contributed by atoms with E-state index in [4.69, 9.17) is 0 Å². The summed E-state index contributed by atoms with van der Waals surface area (Å²) in [5.41, 5.74) is 1.95. The van der Waals surface area contributed by atoms with Crippen molar-refractivity contribution in [3.63, 3.8) is 0 Å². The first-order chi connectivity index (χ1) is 11.1. The van der Waals surface area contributed by atoms with Gasteiger partial charge in [-0.2, -0.15) is 0 Å². The zero-order valence-corrected chi connectivity index (χ0v) is 15.7. The van der Waals surface area contributed by atoms with Crippen LogP contribution in [0, 0.1) is 27.7 Å². The average Bonchev–Trinajstić information content (AvgIpc) is 2.47. The molecule has 0 aliphatic heterocycles. The molecule has 1 aromatic heterocycles. The van der Waals surface area contributed by atoms with E-state index >= 15 is 0 Å². The third kappa shape index (κ3) is 3.08. The highest BCUT2D eigenvalue weighted by Gasteiger charge is 2.28. The summed E-state index contributed by atoms with van der Waals surface area (Å²) in [5.74, 6) is 0.245. The Balaban J connectivity index is 2.80. The van der Waals surface area contributed by atoms with Crippen LogP contribution in [0.3, 0.4) is 0 Å². The summed E-state index contributed by atoms with van der Waals surface area (Å²) in [6.07, 6.45) is 0. The Morgan fingerprint density at radius 3 is 2.17 bits per heavy atom. The Bertz CT molecular complexity index is 923. The monoisotopic (exact) mass is 349 g/mol. The second-order valence-corrected chi connectivity index (χ2v) is 7.87. The van der Waals surface area contributed by atoms with Crippen LogP contribution in [0.15, 0.2) is 26.8 Å². The number of hydrogen-bond donors (Lipinski definition) is 1. The van der Waals surface area contributed by atoms with Gasteiger partial charge in [-0.05, 0) is 45.7 Å². The molecule has 1 N–H and O–H groups in total. The first-order valence-corrected chi connectivity index (χ1v) is 9.22. The number of rotatable bonds is 4. The summed E-state index contributed by atoms with van der Waals surface area (Å²) in [6, 6.07) is 3.64. The predicted molar refractivity (Wildman–Crippen MR) is 94.6 cm³/mol. The summed E-state index contributed by atoms with van der Waals surface area (Å²) in [7, 11) is -2.15. The van der Waals surface area contributed by atoms with Crippen molar-refractivity contribution in [2.24, 2.45) is 0 Å². The standard InChI is InChI=1S/C17H23N3O3S/c1-7-20(6)17-18-15(21)13(5)16(19-17)24(22,23)14-11(3)8-10(2)9-12(14)4/h8-9H,7H2,1-6H3,(H,18,19,21). The van der Waals surface area contributed by atoms with Crippen LogP contribution in [0.25, 0.3) is 0 Å². The number of nitrogens with zero attached hydrogens (tertiary/aromatic N) is 2. The van der Waals surface area contributed by atoms with Crippen LogP contribution in [0.1, 0.15) is 29.2 Å². The van der Waals surface area contributed by atoms with Crippen LogP contribution in [-0.2, 0) is 9.84 Å². The quantitative estimate of drug-likeness (QED) is 0.856. The van der Waals surface area contributed by atoms with Crippen LogP contribution in [0.4, 0.5) is 5.95 Å². The van der Waals surface area contributed by atoms with Crippen molar-refractivity contribution in [1.82, 2.24) is 9.97 Å². The van der Waals surface area contributed by atoms with Gasteiger partial charge in [-0.25, -0.2) is 13.4 Å². The number of sulfone groups is 1. The molecule has 0 bridgehead atoms. The highest BCUT2D eigenvalue weighted by atomic mass is 32.2. The van der Waals surface area contributed by atoms with Crippen molar-refractivity contribution in [2.75, 3.05) is 18.5 Å². The van der Waals surface area contributed by atoms with Crippen molar-refractivity contribution in [2.45, 2.75) is 44.5 Å². The molecule has 0 radical (unpaired) electrons. The number of aromatic nitrogens is 2. The summed E-state index contributed by atoms with van der Waals surface area (Å²) in [5, 5.41) is -0.184. The van der Waals surface area contributed by atoms with Gasteiger partial charge in [0.1, 0.15) is 0 Å². The molecule has 0 saturated carbocycles. The predicted octanol–water partition coefficient (Wildman–Crippen LogP) is 2.29. The summed E-state index contributed by atoms with van der Waals surface area (Å²) in [4.78, 5) is 21.0. The fraction of sp³-hybridized carbons (Fsp3) is 0.412. The molecule has 24 heavy (non-hydrogen) atoms. The molecule has 0 aliphatic carbocycles. The largest absolute Gasteiger partial charge is 0.346 e. The Morgan fingerprint density at radius 1 is 1.12 bits per heavy atom. The highest BCUT2D eigenvalue weighted by Crippen LogP contribution is 2.28. The molecule has 0 spiro atoms. The van der Waals surface area contributed by atoms with Gasteiger partial charge in [-0.1, -0.05) is 17.7 Å². The van der Waals surface area contributed by atoms with Crippen molar-refractivity contribution >= 4 is 15.8 Å². The molecule has 2 rings (SSSR count). The number of anilines is 1. The van der Waals surface area contributed by atoms with Gasteiger partial charge in [-0.3, -0.25) is 9.78 Å². The van der Waals surface area contributed by atoms with E-state index in [1.54, 1.807) is 25.8 Å². The second-order valence-electron chi connectivity index (χ2n) is 6.07. The molecule has 130 valence electrons. The summed E-state index contributed by atoms with van der Waals surface area (Å²) < 4.78 is 26.4. The second kappa shape index (κ2) is 6.39. The smallest absolute Gasteiger partial charge is 0.256 e. The Morgan fingerprint density at radius 2 is 1.67 bits per heavy atom. The van der Waals surface area contributed by atoms with Crippen LogP contribution in [-0.4, -0.2) is 32.0 Å². The maximum absolute atomic E-state index is 13.2. The van der Waals surface area contributed by atoms with E-state index in [1.165, 1.54) is 6.92 Å². The van der Waals surface area contributed by atoms with E-state index in [-0.39, 0.29) is 21.4 Å². The van der Waals surface area contributed by atoms with Gasteiger partial charge in [0.2, 0.25) is 15.8 Å². The normalized spacial score (nSPS) is 11.6. The van der Waals surface area contributed by atoms with E-state index in [0.29, 0.717) is 17.7 Å². The Labute approximate surface area is 142 Å². The van der Waals surface area contributed by atoms with Gasteiger partial charge < -0.3 is 4.90 Å². The molecule has 6 nitrogen and oxygen atoms in total. The minimum atomic E-state index is -3.89. The number of hydrogen-bond acceptors (Lipinski definition) is 5. The fourth-order valence-corrected chi connectivity index (χ4v) is 4.64. The molecule has 0 fully saturated rings. The zero-order chi connectivity index (χ0) is 18.2. The van der Waals surface area contributed by atoms with E-state index < -0.39 is 15.4 Å². The first-order valence-electron chi connectivity index (χ1n) is 7.74. The van der Waals surface area contributed by atoms with Crippen molar-refractivity contribution in [3.05, 3.63) is 44.7 Å². The third-order valence-corrected chi connectivity index (χ3v) is 6.15. The van der Waals surface area contributed by atoms with Gasteiger partial charge in [0.25, 0.3) is 5.56 Å². The number of benzene rings is 1. The molecule has 2 aromatic rings. The number of nitrogens with one attached hydrogen (secondary N) is 1. The minimum absolute atomic E-state index is 0.0997. The minimum Gasteiger partial charge on any atom is -0.346 e.